The molecule has 0 fully saturated rings. The second-order valence-electron chi connectivity index (χ2n) is 7.75. The molecular formula is C23H25Cl2NSi. The van der Waals surface area contributed by atoms with Gasteiger partial charge in [0.15, 0.2) is 0 Å². The van der Waals surface area contributed by atoms with Gasteiger partial charge in [0.2, 0.25) is 0 Å². The minimum absolute atomic E-state index is 0.145. The summed E-state index contributed by atoms with van der Waals surface area (Å²) in [6, 6.07) is 27.3. The maximum atomic E-state index is 6.68. The quantitative estimate of drug-likeness (QED) is 0.375. The molecule has 27 heavy (non-hydrogen) atoms. The Kier molecular flexibility index (Phi) is 6.31. The molecule has 0 saturated heterocycles. The lowest BCUT2D eigenvalue weighted by Gasteiger charge is -2.43. The van der Waals surface area contributed by atoms with Gasteiger partial charge in [0.1, 0.15) is 8.24 Å². The first-order valence-corrected chi connectivity index (χ1v) is 13.4. The zero-order valence-corrected chi connectivity index (χ0v) is 18.5. The minimum atomic E-state index is -1.72. The van der Waals surface area contributed by atoms with Gasteiger partial charge in [0.05, 0.1) is 6.04 Å². The molecule has 1 nitrogen and oxygen atoms in total. The summed E-state index contributed by atoms with van der Waals surface area (Å²) in [6.45, 7) is 7.13. The van der Waals surface area contributed by atoms with E-state index in [1.807, 2.05) is 12.1 Å². The first-order valence-electron chi connectivity index (χ1n) is 9.19. The van der Waals surface area contributed by atoms with Gasteiger partial charge in [-0.1, -0.05) is 97.4 Å². The summed E-state index contributed by atoms with van der Waals surface area (Å²) in [5.74, 6) is 0. The molecule has 1 unspecified atom stereocenters. The molecule has 4 heteroatoms. The van der Waals surface area contributed by atoms with Gasteiger partial charge in [0, 0.05) is 15.7 Å². The van der Waals surface area contributed by atoms with Crippen molar-refractivity contribution in [2.45, 2.75) is 32.1 Å². The van der Waals surface area contributed by atoms with Crippen molar-refractivity contribution in [2.24, 2.45) is 0 Å². The second-order valence-corrected chi connectivity index (χ2v) is 13.4. The largest absolute Gasteiger partial charge is 0.391 e. The van der Waals surface area contributed by atoms with Crippen LogP contribution >= 0.6 is 23.2 Å². The van der Waals surface area contributed by atoms with E-state index in [0.717, 1.165) is 17.0 Å². The molecule has 3 aromatic carbocycles. The highest BCUT2D eigenvalue weighted by Crippen LogP contribution is 2.38. The van der Waals surface area contributed by atoms with E-state index in [0.29, 0.717) is 5.02 Å². The van der Waals surface area contributed by atoms with E-state index in [4.69, 9.17) is 23.2 Å². The number of benzene rings is 3. The Morgan fingerprint density at radius 1 is 0.815 bits per heavy atom. The Labute approximate surface area is 173 Å². The zero-order valence-electron chi connectivity index (χ0n) is 16.0. The topological polar surface area (TPSA) is 3.24 Å². The molecule has 1 atom stereocenters. The Morgan fingerprint density at radius 2 is 1.41 bits per heavy atom. The Hall–Kier alpha value is -1.74. The lowest BCUT2D eigenvalue weighted by Crippen LogP contribution is -2.49. The van der Waals surface area contributed by atoms with Crippen LogP contribution in [0.5, 0.6) is 0 Å². The summed E-state index contributed by atoms with van der Waals surface area (Å²) >= 11 is 12.9. The molecule has 0 amide bonds. The standard InChI is InChI=1S/C23H25Cl2NSi/c1-27(2,3)26(20-12-8-5-9-13-20)23(16-18-10-6-4-7-11-18)21-15-14-19(24)17-22(21)25/h4-15,17,23H,16H2,1-3H3. The van der Waals surface area contributed by atoms with Crippen LogP contribution in [0.3, 0.4) is 0 Å². The summed E-state index contributed by atoms with van der Waals surface area (Å²) in [4.78, 5) is 0. The van der Waals surface area contributed by atoms with E-state index >= 15 is 0 Å². The number of halogens is 2. The third kappa shape index (κ3) is 4.95. The molecule has 0 bridgehead atoms. The van der Waals surface area contributed by atoms with Gasteiger partial charge in [-0.2, -0.15) is 0 Å². The molecule has 140 valence electrons. The third-order valence-corrected chi connectivity index (χ3v) is 7.24. The summed E-state index contributed by atoms with van der Waals surface area (Å²) in [5.41, 5.74) is 3.66. The zero-order chi connectivity index (χ0) is 19.4. The van der Waals surface area contributed by atoms with Gasteiger partial charge in [-0.3, -0.25) is 0 Å². The normalized spacial score (nSPS) is 12.6. The number of hydrogen-bond donors (Lipinski definition) is 0. The molecule has 0 N–H and O–H groups in total. The molecule has 0 spiro atoms. The van der Waals surface area contributed by atoms with Crippen molar-refractivity contribution in [3.8, 4) is 0 Å². The molecular weight excluding hydrogens is 389 g/mol. The smallest absolute Gasteiger partial charge is 0.148 e. The van der Waals surface area contributed by atoms with Crippen LogP contribution in [-0.2, 0) is 6.42 Å². The predicted molar refractivity (Wildman–Crippen MR) is 122 cm³/mol. The first kappa shape index (κ1) is 20.0. The van der Waals surface area contributed by atoms with Crippen molar-refractivity contribution >= 4 is 37.1 Å². The van der Waals surface area contributed by atoms with Crippen LogP contribution in [0.15, 0.2) is 78.9 Å². The summed E-state index contributed by atoms with van der Waals surface area (Å²) < 4.78 is 2.59. The van der Waals surface area contributed by atoms with Crippen molar-refractivity contribution in [3.05, 3.63) is 100 Å². The van der Waals surface area contributed by atoms with Crippen molar-refractivity contribution < 1.29 is 0 Å². The van der Waals surface area contributed by atoms with E-state index in [1.165, 1.54) is 11.3 Å². The fourth-order valence-corrected chi connectivity index (χ4v) is 6.20. The molecule has 3 aromatic rings. The SMILES string of the molecule is C[Si](C)(C)N(c1ccccc1)C(Cc1ccccc1)c1ccc(Cl)cc1Cl. The molecule has 3 rings (SSSR count). The highest BCUT2D eigenvalue weighted by atomic mass is 35.5. The predicted octanol–water partition coefficient (Wildman–Crippen LogP) is 7.62. The minimum Gasteiger partial charge on any atom is -0.391 e. The van der Waals surface area contributed by atoms with Crippen molar-refractivity contribution in [1.29, 1.82) is 0 Å². The highest BCUT2D eigenvalue weighted by molar-refractivity contribution is 6.79. The molecule has 0 aliphatic carbocycles. The van der Waals surface area contributed by atoms with E-state index in [1.54, 1.807) is 0 Å². The van der Waals surface area contributed by atoms with Crippen molar-refractivity contribution in [2.75, 3.05) is 4.57 Å². The number of hydrogen-bond acceptors (Lipinski definition) is 1. The summed E-state index contributed by atoms with van der Waals surface area (Å²) in [5, 5.41) is 1.39. The van der Waals surface area contributed by atoms with Crippen LogP contribution in [0.1, 0.15) is 17.2 Å². The average molecular weight is 414 g/mol. The van der Waals surface area contributed by atoms with Crippen LogP contribution in [-0.4, -0.2) is 8.24 Å². The molecule has 0 saturated carbocycles. The van der Waals surface area contributed by atoms with Crippen molar-refractivity contribution in [3.63, 3.8) is 0 Å². The van der Waals surface area contributed by atoms with Crippen LogP contribution in [0.4, 0.5) is 5.69 Å². The molecule has 0 aliphatic rings. The van der Waals surface area contributed by atoms with Crippen LogP contribution in [0.25, 0.3) is 0 Å². The Bertz CT molecular complexity index is 876. The third-order valence-electron chi connectivity index (χ3n) is 4.66. The van der Waals surface area contributed by atoms with E-state index in [-0.39, 0.29) is 6.04 Å². The van der Waals surface area contributed by atoms with Crippen LogP contribution in [0, 0.1) is 0 Å². The monoisotopic (exact) mass is 413 g/mol. The van der Waals surface area contributed by atoms with E-state index in [9.17, 15) is 0 Å². The van der Waals surface area contributed by atoms with Gasteiger partial charge in [-0.05, 0) is 41.8 Å². The van der Waals surface area contributed by atoms with Crippen LogP contribution < -0.4 is 4.57 Å². The number of nitrogens with zero attached hydrogens (tertiary/aromatic N) is 1. The maximum Gasteiger partial charge on any atom is 0.148 e. The highest BCUT2D eigenvalue weighted by Gasteiger charge is 2.33. The van der Waals surface area contributed by atoms with Gasteiger partial charge in [0.25, 0.3) is 0 Å². The lowest BCUT2D eigenvalue weighted by atomic mass is 9.98. The second kappa shape index (κ2) is 8.51. The number of para-hydroxylation sites is 1. The van der Waals surface area contributed by atoms with Gasteiger partial charge in [-0.15, -0.1) is 0 Å². The van der Waals surface area contributed by atoms with Gasteiger partial charge >= 0.3 is 0 Å². The number of rotatable bonds is 6. The van der Waals surface area contributed by atoms with Gasteiger partial charge in [-0.25, -0.2) is 0 Å². The average Bonchev–Trinajstić information content (AvgIpc) is 2.62. The van der Waals surface area contributed by atoms with Crippen molar-refractivity contribution in [1.82, 2.24) is 0 Å². The van der Waals surface area contributed by atoms with Gasteiger partial charge < -0.3 is 4.57 Å². The molecule has 0 radical (unpaired) electrons. The number of anilines is 1. The summed E-state index contributed by atoms with van der Waals surface area (Å²) in [6.07, 6.45) is 0.890. The molecule has 0 heterocycles. The van der Waals surface area contributed by atoms with E-state index in [2.05, 4.69) is 90.9 Å². The fourth-order valence-electron chi connectivity index (χ4n) is 3.57. The molecule has 0 aromatic heterocycles. The molecule has 0 aliphatic heterocycles. The first-order chi connectivity index (χ1) is 12.9. The summed E-state index contributed by atoms with van der Waals surface area (Å²) in [7, 11) is -1.72. The Balaban J connectivity index is 2.14. The maximum absolute atomic E-state index is 6.68. The van der Waals surface area contributed by atoms with Crippen LogP contribution in [0.2, 0.25) is 29.7 Å². The Morgan fingerprint density at radius 3 is 1.96 bits per heavy atom. The van der Waals surface area contributed by atoms with E-state index < -0.39 is 8.24 Å². The lowest BCUT2D eigenvalue weighted by molar-refractivity contribution is 0.707. The fraction of sp³-hybridized carbons (Fsp3) is 0.217.